The summed E-state index contributed by atoms with van der Waals surface area (Å²) in [5.74, 6) is -0.494. The molecule has 1 aromatic heterocycles. The van der Waals surface area contributed by atoms with Crippen molar-refractivity contribution >= 4 is 21.7 Å². The first-order valence-corrected chi connectivity index (χ1v) is 13.2. The topological polar surface area (TPSA) is 82.6 Å². The number of sulfonamides is 1. The number of aryl methyl sites for hydroxylation is 1. The molecule has 2 aromatic rings. The highest BCUT2D eigenvalue weighted by atomic mass is 32.2. The van der Waals surface area contributed by atoms with E-state index in [2.05, 4.69) is 16.3 Å². The van der Waals surface area contributed by atoms with E-state index in [1.165, 1.54) is 6.20 Å². The molecule has 2 fully saturated rings. The molecular formula is C25H31FN4O3S. The Morgan fingerprint density at radius 2 is 1.88 bits per heavy atom. The van der Waals surface area contributed by atoms with Crippen molar-refractivity contribution in [3.63, 3.8) is 0 Å². The first-order chi connectivity index (χ1) is 16.3. The Bertz CT molecular complexity index is 1130. The molecule has 2 aliphatic rings. The van der Waals surface area contributed by atoms with Gasteiger partial charge in [0, 0.05) is 44.3 Å². The van der Waals surface area contributed by atoms with E-state index < -0.39 is 21.4 Å². The molecule has 1 saturated carbocycles. The monoisotopic (exact) mass is 486 g/mol. The molecule has 0 bridgehead atoms. The minimum atomic E-state index is -3.89. The number of nitrogens with zero attached hydrogens (tertiary/aromatic N) is 3. The molecule has 0 unspecified atom stereocenters. The lowest BCUT2D eigenvalue weighted by atomic mass is 9.75. The van der Waals surface area contributed by atoms with E-state index in [1.54, 1.807) is 15.9 Å². The Labute approximate surface area is 200 Å². The number of anilines is 1. The molecule has 1 aliphatic carbocycles. The van der Waals surface area contributed by atoms with Crippen LogP contribution in [0.2, 0.25) is 0 Å². The van der Waals surface area contributed by atoms with Crippen LogP contribution in [0, 0.1) is 5.82 Å². The Morgan fingerprint density at radius 3 is 2.47 bits per heavy atom. The first-order valence-electron chi connectivity index (χ1n) is 11.7. The largest absolute Gasteiger partial charge is 0.351 e. The van der Waals surface area contributed by atoms with Crippen molar-refractivity contribution in [2.24, 2.45) is 0 Å². The lowest BCUT2D eigenvalue weighted by Gasteiger charge is -2.41. The van der Waals surface area contributed by atoms with Crippen LogP contribution in [-0.4, -0.2) is 55.9 Å². The van der Waals surface area contributed by atoms with Gasteiger partial charge in [-0.05, 0) is 43.7 Å². The Morgan fingerprint density at radius 1 is 1.18 bits per heavy atom. The van der Waals surface area contributed by atoms with Crippen molar-refractivity contribution in [2.45, 2.75) is 49.0 Å². The summed E-state index contributed by atoms with van der Waals surface area (Å²) in [7, 11) is -3.89. The number of carbonyl (C=O) groups excluding carboxylic acids is 1. The van der Waals surface area contributed by atoms with Crippen molar-refractivity contribution in [3.8, 4) is 0 Å². The molecular weight excluding hydrogens is 455 g/mol. The SMILES string of the molecule is C=CCC1(NS(=O)(=O)c2cnc(N3CCN(C(=O)CCc4ccccc4)CC3)c(F)c2)CCC1. The summed E-state index contributed by atoms with van der Waals surface area (Å²) < 4.78 is 43.3. The van der Waals surface area contributed by atoms with Crippen LogP contribution in [0.4, 0.5) is 10.2 Å². The zero-order valence-corrected chi connectivity index (χ0v) is 20.1. The van der Waals surface area contributed by atoms with Crippen molar-refractivity contribution in [1.82, 2.24) is 14.6 Å². The minimum Gasteiger partial charge on any atom is -0.351 e. The molecule has 9 heteroatoms. The smallest absolute Gasteiger partial charge is 0.242 e. The number of amides is 1. The number of aromatic nitrogens is 1. The second-order valence-electron chi connectivity index (χ2n) is 9.06. The molecule has 7 nitrogen and oxygen atoms in total. The first kappa shape index (κ1) is 24.3. The lowest BCUT2D eigenvalue weighted by molar-refractivity contribution is -0.131. The molecule has 0 spiro atoms. The summed E-state index contributed by atoms with van der Waals surface area (Å²) in [6.45, 7) is 5.53. The minimum absolute atomic E-state index is 0.0777. The summed E-state index contributed by atoms with van der Waals surface area (Å²) in [5.41, 5.74) is 0.594. The van der Waals surface area contributed by atoms with Gasteiger partial charge < -0.3 is 9.80 Å². The molecule has 0 radical (unpaired) electrons. The van der Waals surface area contributed by atoms with Gasteiger partial charge in [0.15, 0.2) is 11.6 Å². The maximum absolute atomic E-state index is 14.9. The van der Waals surface area contributed by atoms with Gasteiger partial charge in [0.25, 0.3) is 0 Å². The molecule has 1 aliphatic heterocycles. The van der Waals surface area contributed by atoms with Crippen LogP contribution in [0.3, 0.4) is 0 Å². The van der Waals surface area contributed by atoms with Crippen LogP contribution in [0.25, 0.3) is 0 Å². The van der Waals surface area contributed by atoms with E-state index in [0.717, 1.165) is 30.9 Å². The van der Waals surface area contributed by atoms with Crippen molar-refractivity contribution in [3.05, 3.63) is 66.6 Å². The molecule has 34 heavy (non-hydrogen) atoms. The maximum Gasteiger partial charge on any atom is 0.242 e. The zero-order chi connectivity index (χ0) is 24.2. The standard InChI is InChI=1S/C25H31FN4O3S/c1-2-11-25(12-6-13-25)28-34(32,33)21-18-22(26)24(27-19-21)30-16-14-29(15-17-30)23(31)10-9-20-7-4-3-5-8-20/h2-5,7-8,18-19,28H,1,6,9-17H2. The second-order valence-corrected chi connectivity index (χ2v) is 10.7. The number of hydrogen-bond acceptors (Lipinski definition) is 5. The number of rotatable bonds is 9. The van der Waals surface area contributed by atoms with Crippen LogP contribution in [0.15, 0.2) is 60.1 Å². The number of nitrogens with one attached hydrogen (secondary N) is 1. The third kappa shape index (κ3) is 5.47. The van der Waals surface area contributed by atoms with Crippen LogP contribution in [-0.2, 0) is 21.2 Å². The lowest BCUT2D eigenvalue weighted by Crippen LogP contribution is -2.53. The number of pyridine rings is 1. The number of benzene rings is 1. The van der Waals surface area contributed by atoms with E-state index >= 15 is 0 Å². The Hall–Kier alpha value is -2.78. The van der Waals surface area contributed by atoms with E-state index in [1.807, 2.05) is 30.3 Å². The highest BCUT2D eigenvalue weighted by Crippen LogP contribution is 2.36. The van der Waals surface area contributed by atoms with E-state index in [-0.39, 0.29) is 16.6 Å². The number of carbonyl (C=O) groups is 1. The third-order valence-electron chi connectivity index (χ3n) is 6.71. The molecule has 1 aromatic carbocycles. The van der Waals surface area contributed by atoms with Gasteiger partial charge in [-0.25, -0.2) is 22.5 Å². The second kappa shape index (κ2) is 10.2. The molecule has 1 amide bonds. The summed E-state index contributed by atoms with van der Waals surface area (Å²) in [6.07, 6.45) is 6.99. The molecule has 1 saturated heterocycles. The summed E-state index contributed by atoms with van der Waals surface area (Å²) in [4.78, 5) is 20.1. The van der Waals surface area contributed by atoms with Crippen LogP contribution in [0.5, 0.6) is 0 Å². The van der Waals surface area contributed by atoms with Gasteiger partial charge in [-0.3, -0.25) is 4.79 Å². The van der Waals surface area contributed by atoms with Crippen LogP contribution in [0.1, 0.15) is 37.7 Å². The summed E-state index contributed by atoms with van der Waals surface area (Å²) in [6, 6.07) is 10.9. The van der Waals surface area contributed by atoms with E-state index in [0.29, 0.717) is 45.4 Å². The van der Waals surface area contributed by atoms with E-state index in [9.17, 15) is 17.6 Å². The number of piperazine rings is 1. The summed E-state index contributed by atoms with van der Waals surface area (Å²) >= 11 is 0. The van der Waals surface area contributed by atoms with Gasteiger partial charge in [0.1, 0.15) is 4.90 Å². The average molecular weight is 487 g/mol. The fraction of sp³-hybridized carbons (Fsp3) is 0.440. The number of hydrogen-bond donors (Lipinski definition) is 1. The highest BCUT2D eigenvalue weighted by molar-refractivity contribution is 7.89. The van der Waals surface area contributed by atoms with Crippen LogP contribution >= 0.6 is 0 Å². The molecule has 4 rings (SSSR count). The third-order valence-corrected chi connectivity index (χ3v) is 8.25. The van der Waals surface area contributed by atoms with Crippen molar-refractivity contribution in [1.29, 1.82) is 0 Å². The van der Waals surface area contributed by atoms with Gasteiger partial charge in [0.2, 0.25) is 15.9 Å². The maximum atomic E-state index is 14.9. The van der Waals surface area contributed by atoms with Gasteiger partial charge in [-0.15, -0.1) is 6.58 Å². The normalized spacial score (nSPS) is 17.8. The molecule has 182 valence electrons. The van der Waals surface area contributed by atoms with Gasteiger partial charge in [-0.1, -0.05) is 36.4 Å². The average Bonchev–Trinajstić information content (AvgIpc) is 2.82. The highest BCUT2D eigenvalue weighted by Gasteiger charge is 2.40. The van der Waals surface area contributed by atoms with E-state index in [4.69, 9.17) is 0 Å². The molecule has 2 heterocycles. The van der Waals surface area contributed by atoms with Gasteiger partial charge >= 0.3 is 0 Å². The predicted molar refractivity (Wildman–Crippen MR) is 129 cm³/mol. The fourth-order valence-corrected chi connectivity index (χ4v) is 6.01. The van der Waals surface area contributed by atoms with Gasteiger partial charge in [0.05, 0.1) is 0 Å². The van der Waals surface area contributed by atoms with Crippen molar-refractivity contribution in [2.75, 3.05) is 31.1 Å². The number of halogens is 1. The molecule has 1 N–H and O–H groups in total. The molecule has 0 atom stereocenters. The van der Waals surface area contributed by atoms with Crippen LogP contribution < -0.4 is 9.62 Å². The zero-order valence-electron chi connectivity index (χ0n) is 19.2. The van der Waals surface area contributed by atoms with Crippen molar-refractivity contribution < 1.29 is 17.6 Å². The Kier molecular flexibility index (Phi) is 7.33. The fourth-order valence-electron chi connectivity index (χ4n) is 4.59. The van der Waals surface area contributed by atoms with Gasteiger partial charge in [-0.2, -0.15) is 0 Å². The summed E-state index contributed by atoms with van der Waals surface area (Å²) in [5, 5.41) is 0. The Balaban J connectivity index is 1.34. The predicted octanol–water partition coefficient (Wildman–Crippen LogP) is 3.28. The quantitative estimate of drug-likeness (QED) is 0.550.